The van der Waals surface area contributed by atoms with E-state index in [9.17, 15) is 10.1 Å². The van der Waals surface area contributed by atoms with Crippen LogP contribution in [0.2, 0.25) is 0 Å². The molecule has 17 heavy (non-hydrogen) atoms. The second-order valence-electron chi connectivity index (χ2n) is 3.37. The highest BCUT2D eigenvalue weighted by atomic mass is 32.2. The SMILES string of the molecule is Nc1ccc(CSc2cccs2)cc1[N+](=O)[O-]. The average molecular weight is 266 g/mol. The fourth-order valence-electron chi connectivity index (χ4n) is 1.34. The molecule has 2 rings (SSSR count). The lowest BCUT2D eigenvalue weighted by Gasteiger charge is -2.02. The van der Waals surface area contributed by atoms with E-state index in [-0.39, 0.29) is 11.4 Å². The monoisotopic (exact) mass is 266 g/mol. The van der Waals surface area contributed by atoms with Gasteiger partial charge in [0.1, 0.15) is 5.69 Å². The summed E-state index contributed by atoms with van der Waals surface area (Å²) in [7, 11) is 0. The van der Waals surface area contributed by atoms with Gasteiger partial charge >= 0.3 is 0 Å². The van der Waals surface area contributed by atoms with Crippen molar-refractivity contribution in [2.45, 2.75) is 9.96 Å². The lowest BCUT2D eigenvalue weighted by Crippen LogP contribution is -1.96. The van der Waals surface area contributed by atoms with E-state index in [0.717, 1.165) is 5.56 Å². The van der Waals surface area contributed by atoms with E-state index in [0.29, 0.717) is 5.75 Å². The number of anilines is 1. The number of benzene rings is 1. The van der Waals surface area contributed by atoms with Crippen molar-refractivity contribution >= 4 is 34.5 Å². The molecular formula is C11H10N2O2S2. The minimum Gasteiger partial charge on any atom is -0.393 e. The third-order valence-corrected chi connectivity index (χ3v) is 4.37. The van der Waals surface area contributed by atoms with E-state index in [1.807, 2.05) is 23.6 Å². The van der Waals surface area contributed by atoms with Crippen molar-refractivity contribution in [2.75, 3.05) is 5.73 Å². The first-order valence-electron chi connectivity index (χ1n) is 4.86. The number of thioether (sulfide) groups is 1. The van der Waals surface area contributed by atoms with E-state index >= 15 is 0 Å². The molecule has 0 spiro atoms. The number of hydrogen-bond donors (Lipinski definition) is 1. The van der Waals surface area contributed by atoms with Crippen LogP contribution >= 0.6 is 23.1 Å². The number of thiophene rings is 1. The molecule has 6 heteroatoms. The highest BCUT2D eigenvalue weighted by molar-refractivity contribution is 8.00. The molecule has 0 fully saturated rings. The Labute approximate surface area is 107 Å². The molecule has 0 aliphatic rings. The molecule has 0 saturated carbocycles. The van der Waals surface area contributed by atoms with Gasteiger partial charge in [-0.2, -0.15) is 0 Å². The van der Waals surface area contributed by atoms with Gasteiger partial charge in [-0.3, -0.25) is 10.1 Å². The molecule has 0 saturated heterocycles. The minimum atomic E-state index is -0.450. The smallest absolute Gasteiger partial charge is 0.292 e. The van der Waals surface area contributed by atoms with E-state index < -0.39 is 4.92 Å². The summed E-state index contributed by atoms with van der Waals surface area (Å²) in [5.41, 5.74) is 6.63. The van der Waals surface area contributed by atoms with E-state index in [1.54, 1.807) is 29.2 Å². The van der Waals surface area contributed by atoms with Crippen molar-refractivity contribution in [3.63, 3.8) is 0 Å². The zero-order chi connectivity index (χ0) is 12.3. The van der Waals surface area contributed by atoms with Crippen LogP contribution in [0.3, 0.4) is 0 Å². The molecule has 0 unspecified atom stereocenters. The number of nitro groups is 1. The highest BCUT2D eigenvalue weighted by Crippen LogP contribution is 2.29. The molecular weight excluding hydrogens is 256 g/mol. The van der Waals surface area contributed by atoms with Crippen LogP contribution in [0.25, 0.3) is 0 Å². The summed E-state index contributed by atoms with van der Waals surface area (Å²) in [6.45, 7) is 0. The van der Waals surface area contributed by atoms with Crippen LogP contribution in [-0.2, 0) is 5.75 Å². The number of nitrogen functional groups attached to an aromatic ring is 1. The predicted octanol–water partition coefficient (Wildman–Crippen LogP) is 3.53. The Kier molecular flexibility index (Phi) is 3.65. The van der Waals surface area contributed by atoms with E-state index in [4.69, 9.17) is 5.73 Å². The van der Waals surface area contributed by atoms with Crippen molar-refractivity contribution in [1.29, 1.82) is 0 Å². The zero-order valence-electron chi connectivity index (χ0n) is 8.83. The Morgan fingerprint density at radius 2 is 2.24 bits per heavy atom. The van der Waals surface area contributed by atoms with E-state index in [2.05, 4.69) is 0 Å². The van der Waals surface area contributed by atoms with Crippen LogP contribution in [0, 0.1) is 10.1 Å². The lowest BCUT2D eigenvalue weighted by molar-refractivity contribution is -0.383. The molecule has 88 valence electrons. The van der Waals surface area contributed by atoms with Crippen molar-refractivity contribution < 1.29 is 4.92 Å². The molecule has 0 aliphatic carbocycles. The summed E-state index contributed by atoms with van der Waals surface area (Å²) < 4.78 is 1.20. The summed E-state index contributed by atoms with van der Waals surface area (Å²) in [5, 5.41) is 12.7. The highest BCUT2D eigenvalue weighted by Gasteiger charge is 2.11. The molecule has 0 atom stereocenters. The third-order valence-electron chi connectivity index (χ3n) is 2.17. The van der Waals surface area contributed by atoms with Gasteiger partial charge < -0.3 is 5.73 Å². The Hall–Kier alpha value is -1.53. The van der Waals surface area contributed by atoms with Crippen LogP contribution in [0.1, 0.15) is 5.56 Å². The summed E-state index contributed by atoms with van der Waals surface area (Å²) in [5.74, 6) is 0.710. The number of nitrogens with two attached hydrogens (primary N) is 1. The number of hydrogen-bond acceptors (Lipinski definition) is 5. The van der Waals surface area contributed by atoms with Gasteiger partial charge in [-0.15, -0.1) is 23.1 Å². The fourth-order valence-corrected chi connectivity index (χ4v) is 3.06. The first-order valence-corrected chi connectivity index (χ1v) is 6.72. The molecule has 1 heterocycles. The Bertz CT molecular complexity index is 526. The first-order chi connectivity index (χ1) is 8.16. The molecule has 0 amide bonds. The Morgan fingerprint density at radius 3 is 2.88 bits per heavy atom. The van der Waals surface area contributed by atoms with Gasteiger partial charge in [0.05, 0.1) is 9.13 Å². The number of nitro benzene ring substituents is 1. The second kappa shape index (κ2) is 5.20. The summed E-state index contributed by atoms with van der Waals surface area (Å²) in [6.07, 6.45) is 0. The average Bonchev–Trinajstić information content (AvgIpc) is 2.80. The maximum absolute atomic E-state index is 10.7. The number of rotatable bonds is 4. The van der Waals surface area contributed by atoms with Crippen molar-refractivity contribution in [1.82, 2.24) is 0 Å². The van der Waals surface area contributed by atoms with Crippen LogP contribution < -0.4 is 5.73 Å². The third kappa shape index (κ3) is 2.98. The Morgan fingerprint density at radius 1 is 1.41 bits per heavy atom. The van der Waals surface area contributed by atoms with Gasteiger partial charge in [0.25, 0.3) is 5.69 Å². The van der Waals surface area contributed by atoms with Gasteiger partial charge in [0, 0.05) is 11.8 Å². The molecule has 0 bridgehead atoms. The van der Waals surface area contributed by atoms with Gasteiger partial charge in [-0.25, -0.2) is 0 Å². The zero-order valence-corrected chi connectivity index (χ0v) is 10.5. The normalized spacial score (nSPS) is 10.4. The number of nitrogens with zero attached hydrogens (tertiary/aromatic N) is 1. The van der Waals surface area contributed by atoms with Gasteiger partial charge in [-0.1, -0.05) is 12.1 Å². The van der Waals surface area contributed by atoms with Crippen LogP contribution in [-0.4, -0.2) is 4.92 Å². The van der Waals surface area contributed by atoms with Crippen molar-refractivity contribution in [3.8, 4) is 0 Å². The summed E-state index contributed by atoms with van der Waals surface area (Å²) in [6, 6.07) is 8.96. The quantitative estimate of drug-likeness (QED) is 0.398. The van der Waals surface area contributed by atoms with Gasteiger partial charge in [0.2, 0.25) is 0 Å². The second-order valence-corrected chi connectivity index (χ2v) is 5.59. The summed E-state index contributed by atoms with van der Waals surface area (Å²) in [4.78, 5) is 10.3. The lowest BCUT2D eigenvalue weighted by atomic mass is 10.2. The standard InChI is InChI=1S/C11H10N2O2S2/c12-9-4-3-8(6-10(9)13(14)15)7-17-11-2-1-5-16-11/h1-6H,7,12H2. The molecule has 2 N–H and O–H groups in total. The van der Waals surface area contributed by atoms with Crippen molar-refractivity contribution in [2.24, 2.45) is 0 Å². The van der Waals surface area contributed by atoms with Crippen molar-refractivity contribution in [3.05, 3.63) is 51.4 Å². The summed E-state index contributed by atoms with van der Waals surface area (Å²) >= 11 is 3.32. The minimum absolute atomic E-state index is 0.0192. The fraction of sp³-hybridized carbons (Fsp3) is 0.0909. The largest absolute Gasteiger partial charge is 0.393 e. The molecule has 1 aromatic carbocycles. The van der Waals surface area contributed by atoms with Gasteiger partial charge in [-0.05, 0) is 23.1 Å². The predicted molar refractivity (Wildman–Crippen MR) is 71.4 cm³/mol. The molecule has 0 radical (unpaired) electrons. The Balaban J connectivity index is 2.11. The molecule has 4 nitrogen and oxygen atoms in total. The topological polar surface area (TPSA) is 69.2 Å². The molecule has 0 aliphatic heterocycles. The maximum Gasteiger partial charge on any atom is 0.292 e. The van der Waals surface area contributed by atoms with E-state index in [1.165, 1.54) is 10.3 Å². The first kappa shape index (κ1) is 11.9. The molecule has 2 aromatic rings. The van der Waals surface area contributed by atoms with Crippen LogP contribution in [0.15, 0.2) is 39.9 Å². The van der Waals surface area contributed by atoms with Crippen LogP contribution in [0.5, 0.6) is 0 Å². The van der Waals surface area contributed by atoms with Crippen LogP contribution in [0.4, 0.5) is 11.4 Å². The maximum atomic E-state index is 10.7. The van der Waals surface area contributed by atoms with Gasteiger partial charge in [0.15, 0.2) is 0 Å². The molecule has 1 aromatic heterocycles.